The summed E-state index contributed by atoms with van der Waals surface area (Å²) >= 11 is 5.65. The van der Waals surface area contributed by atoms with Crippen LogP contribution in [0.15, 0.2) is 28.0 Å². The Labute approximate surface area is 107 Å². The second-order valence-electron chi connectivity index (χ2n) is 3.79. The fourth-order valence-corrected chi connectivity index (χ4v) is 1.72. The first-order chi connectivity index (χ1) is 8.56. The van der Waals surface area contributed by atoms with E-state index in [4.69, 9.17) is 17.3 Å². The van der Waals surface area contributed by atoms with Crippen LogP contribution >= 0.6 is 11.6 Å². The molecule has 0 aliphatic rings. The number of aromatic nitrogens is 4. The maximum Gasteiger partial charge on any atom is 0.328 e. The fourth-order valence-electron chi connectivity index (χ4n) is 1.55. The molecule has 0 aromatic carbocycles. The van der Waals surface area contributed by atoms with Crippen molar-refractivity contribution in [3.8, 4) is 0 Å². The predicted molar refractivity (Wildman–Crippen MR) is 67.6 cm³/mol. The maximum absolute atomic E-state index is 11.4. The van der Waals surface area contributed by atoms with Crippen molar-refractivity contribution < 1.29 is 0 Å². The average Bonchev–Trinajstić information content (AvgIpc) is 2.71. The molecule has 8 heteroatoms. The van der Waals surface area contributed by atoms with Crippen LogP contribution in [0.5, 0.6) is 0 Å². The van der Waals surface area contributed by atoms with Gasteiger partial charge in [0.15, 0.2) is 0 Å². The van der Waals surface area contributed by atoms with Gasteiger partial charge in [0.1, 0.15) is 10.8 Å². The third-order valence-corrected chi connectivity index (χ3v) is 2.68. The van der Waals surface area contributed by atoms with E-state index in [-0.39, 0.29) is 5.02 Å². The molecule has 0 spiro atoms. The van der Waals surface area contributed by atoms with Crippen molar-refractivity contribution in [1.29, 1.82) is 0 Å². The van der Waals surface area contributed by atoms with Crippen LogP contribution in [0.3, 0.4) is 0 Å². The van der Waals surface area contributed by atoms with Gasteiger partial charge >= 0.3 is 5.69 Å². The normalized spacial score (nSPS) is 10.7. The minimum Gasteiger partial charge on any atom is -0.382 e. The number of nitrogens with one attached hydrogen (secondary N) is 1. The van der Waals surface area contributed by atoms with Crippen molar-refractivity contribution in [2.24, 2.45) is 0 Å². The molecule has 7 nitrogen and oxygen atoms in total. The van der Waals surface area contributed by atoms with Crippen LogP contribution in [0.1, 0.15) is 6.42 Å². The molecular weight excluding hydrogens is 258 g/mol. The van der Waals surface area contributed by atoms with Gasteiger partial charge in [0.2, 0.25) is 0 Å². The zero-order valence-corrected chi connectivity index (χ0v) is 10.2. The molecule has 0 bridgehead atoms. The van der Waals surface area contributed by atoms with Gasteiger partial charge in [0.05, 0.1) is 0 Å². The van der Waals surface area contributed by atoms with Crippen LogP contribution < -0.4 is 17.0 Å². The minimum absolute atomic E-state index is 0.00191. The van der Waals surface area contributed by atoms with Crippen molar-refractivity contribution in [1.82, 2.24) is 19.3 Å². The second kappa shape index (κ2) is 5.09. The van der Waals surface area contributed by atoms with Gasteiger partial charge in [-0.05, 0) is 12.5 Å². The Hall–Kier alpha value is -2.02. The van der Waals surface area contributed by atoms with Crippen LogP contribution in [-0.4, -0.2) is 19.3 Å². The molecule has 2 heterocycles. The molecule has 0 fully saturated rings. The number of hydrogen-bond acceptors (Lipinski definition) is 4. The Balaban J connectivity index is 2.00. The van der Waals surface area contributed by atoms with Crippen molar-refractivity contribution in [3.63, 3.8) is 0 Å². The van der Waals surface area contributed by atoms with Crippen molar-refractivity contribution >= 4 is 17.4 Å². The third-order valence-electron chi connectivity index (χ3n) is 2.41. The number of nitrogens with two attached hydrogens (primary N) is 1. The lowest BCUT2D eigenvalue weighted by Crippen LogP contribution is -2.30. The summed E-state index contributed by atoms with van der Waals surface area (Å²) < 4.78 is 3.05. The highest BCUT2D eigenvalue weighted by atomic mass is 35.5. The van der Waals surface area contributed by atoms with Gasteiger partial charge in [-0.15, -0.1) is 0 Å². The molecule has 0 aliphatic heterocycles. The molecule has 0 radical (unpaired) electrons. The molecule has 2 aromatic heterocycles. The molecule has 3 N–H and O–H groups in total. The molecule has 0 unspecified atom stereocenters. The van der Waals surface area contributed by atoms with E-state index in [9.17, 15) is 9.59 Å². The molecule has 0 saturated heterocycles. The highest BCUT2D eigenvalue weighted by Gasteiger charge is 2.02. The number of rotatable bonds is 4. The Kier molecular flexibility index (Phi) is 3.52. The van der Waals surface area contributed by atoms with Crippen LogP contribution in [0, 0.1) is 0 Å². The summed E-state index contributed by atoms with van der Waals surface area (Å²) in [7, 11) is 0. The minimum atomic E-state index is -0.572. The Bertz CT molecular complexity index is 657. The topological polar surface area (TPSA) is 98.7 Å². The van der Waals surface area contributed by atoms with Crippen LogP contribution in [0.4, 0.5) is 5.82 Å². The van der Waals surface area contributed by atoms with Gasteiger partial charge in [-0.1, -0.05) is 11.6 Å². The lowest BCUT2D eigenvalue weighted by atomic mass is 10.4. The summed E-state index contributed by atoms with van der Waals surface area (Å²) in [5, 5.41) is 4.02. The number of hydrogen-bond donors (Lipinski definition) is 2. The summed E-state index contributed by atoms with van der Waals surface area (Å²) in [6, 6.07) is 1.70. The first-order valence-corrected chi connectivity index (χ1v) is 5.72. The summed E-state index contributed by atoms with van der Waals surface area (Å²) in [5.41, 5.74) is 4.44. The zero-order chi connectivity index (χ0) is 13.1. The van der Waals surface area contributed by atoms with Crippen LogP contribution in [-0.2, 0) is 13.1 Å². The molecule has 0 aliphatic carbocycles. The second-order valence-corrected chi connectivity index (χ2v) is 4.19. The van der Waals surface area contributed by atoms with E-state index in [1.165, 1.54) is 10.8 Å². The molecular formula is C10H12ClN5O2. The molecule has 0 atom stereocenters. The number of nitrogen functional groups attached to an aromatic ring is 1. The van der Waals surface area contributed by atoms with E-state index in [2.05, 4.69) is 10.1 Å². The number of H-pyrrole nitrogens is 1. The number of halogens is 1. The smallest absolute Gasteiger partial charge is 0.328 e. The SMILES string of the molecule is Nc1ccn(CCCn2cc(Cl)c(=O)[nH]c2=O)n1. The highest BCUT2D eigenvalue weighted by molar-refractivity contribution is 6.30. The third kappa shape index (κ3) is 2.80. The molecule has 18 heavy (non-hydrogen) atoms. The van der Waals surface area contributed by atoms with Gasteiger partial charge in [-0.2, -0.15) is 5.10 Å². The van der Waals surface area contributed by atoms with Crippen molar-refractivity contribution in [2.45, 2.75) is 19.5 Å². The van der Waals surface area contributed by atoms with Crippen molar-refractivity contribution in [3.05, 3.63) is 44.3 Å². The molecule has 0 saturated carbocycles. The number of nitrogens with zero attached hydrogens (tertiary/aromatic N) is 3. The largest absolute Gasteiger partial charge is 0.382 e. The number of aromatic amines is 1. The number of anilines is 1. The zero-order valence-electron chi connectivity index (χ0n) is 9.47. The van der Waals surface area contributed by atoms with E-state index in [1.54, 1.807) is 16.9 Å². The quantitative estimate of drug-likeness (QED) is 0.820. The lowest BCUT2D eigenvalue weighted by Gasteiger charge is -2.05. The molecule has 0 amide bonds. The van der Waals surface area contributed by atoms with E-state index >= 15 is 0 Å². The van der Waals surface area contributed by atoms with Gasteiger partial charge in [0, 0.05) is 25.5 Å². The van der Waals surface area contributed by atoms with E-state index in [1.807, 2.05) is 0 Å². The van der Waals surface area contributed by atoms with Crippen LogP contribution in [0.2, 0.25) is 5.02 Å². The molecule has 2 rings (SSSR count). The Morgan fingerprint density at radius 1 is 1.39 bits per heavy atom. The fraction of sp³-hybridized carbons (Fsp3) is 0.300. The lowest BCUT2D eigenvalue weighted by molar-refractivity contribution is 0.515. The average molecular weight is 270 g/mol. The number of aryl methyl sites for hydroxylation is 2. The molecule has 96 valence electrons. The first-order valence-electron chi connectivity index (χ1n) is 5.34. The van der Waals surface area contributed by atoms with E-state index in [0.717, 1.165) is 0 Å². The van der Waals surface area contributed by atoms with Gasteiger partial charge in [-0.3, -0.25) is 19.0 Å². The highest BCUT2D eigenvalue weighted by Crippen LogP contribution is 2.00. The first kappa shape index (κ1) is 12.4. The van der Waals surface area contributed by atoms with Crippen LogP contribution in [0.25, 0.3) is 0 Å². The van der Waals surface area contributed by atoms with Gasteiger partial charge in [-0.25, -0.2) is 4.79 Å². The molecule has 2 aromatic rings. The summed E-state index contributed by atoms with van der Waals surface area (Å²) in [6.45, 7) is 1.06. The monoisotopic (exact) mass is 269 g/mol. The van der Waals surface area contributed by atoms with E-state index < -0.39 is 11.2 Å². The van der Waals surface area contributed by atoms with Gasteiger partial charge in [0.25, 0.3) is 5.56 Å². The Morgan fingerprint density at radius 2 is 2.17 bits per heavy atom. The predicted octanol–water partition coefficient (Wildman–Crippen LogP) is 0.0590. The maximum atomic E-state index is 11.4. The van der Waals surface area contributed by atoms with E-state index in [0.29, 0.717) is 25.3 Å². The summed E-state index contributed by atoms with van der Waals surface area (Å²) in [6.07, 6.45) is 3.77. The Morgan fingerprint density at radius 3 is 2.83 bits per heavy atom. The van der Waals surface area contributed by atoms with Crippen molar-refractivity contribution in [2.75, 3.05) is 5.73 Å². The van der Waals surface area contributed by atoms with Gasteiger partial charge < -0.3 is 5.73 Å². The summed E-state index contributed by atoms with van der Waals surface area (Å²) in [4.78, 5) is 24.6. The standard InChI is InChI=1S/C10H12ClN5O2/c11-7-6-15(10(18)13-9(7)17)3-1-4-16-5-2-8(12)14-16/h2,5-6H,1,3-4H2,(H2,12,14)(H,13,17,18). The summed E-state index contributed by atoms with van der Waals surface area (Å²) in [5.74, 6) is 0.458.